The van der Waals surface area contributed by atoms with Crippen molar-refractivity contribution in [1.82, 2.24) is 0 Å². The van der Waals surface area contributed by atoms with Gasteiger partial charge in [0.2, 0.25) is 0 Å². The molecule has 4 nitrogen and oxygen atoms in total. The topological polar surface area (TPSA) is 50.6 Å². The van der Waals surface area contributed by atoms with Crippen LogP contribution in [0.1, 0.15) is 54.1 Å². The van der Waals surface area contributed by atoms with E-state index in [1.54, 1.807) is 0 Å². The molecule has 2 aromatic carbocycles. The van der Waals surface area contributed by atoms with Gasteiger partial charge in [0.1, 0.15) is 0 Å². The lowest BCUT2D eigenvalue weighted by molar-refractivity contribution is -0.897. The van der Waals surface area contributed by atoms with Gasteiger partial charge in [0.05, 0.1) is 13.1 Å². The highest BCUT2D eigenvalue weighted by Gasteiger charge is 2.29. The summed E-state index contributed by atoms with van der Waals surface area (Å²) in [5, 5.41) is 2.99. The summed E-state index contributed by atoms with van der Waals surface area (Å²) < 4.78 is 0. The highest BCUT2D eigenvalue weighted by atomic mass is 16.2. The maximum absolute atomic E-state index is 12.7. The molecule has 0 atom stereocenters. The number of anilines is 1. The third kappa shape index (κ3) is 5.29. The van der Waals surface area contributed by atoms with Crippen molar-refractivity contribution in [2.24, 2.45) is 5.92 Å². The molecule has 1 aliphatic heterocycles. The molecule has 0 unspecified atom stereocenters. The van der Waals surface area contributed by atoms with Gasteiger partial charge in [-0.15, -0.1) is 0 Å². The molecule has 1 aliphatic rings. The summed E-state index contributed by atoms with van der Waals surface area (Å²) in [6.07, 6.45) is 1.69. The summed E-state index contributed by atoms with van der Waals surface area (Å²) in [6, 6.07) is 15.9. The normalized spacial score (nSPS) is 19.4. The first-order chi connectivity index (χ1) is 13.4. The van der Waals surface area contributed by atoms with Crippen LogP contribution >= 0.6 is 0 Å². The van der Waals surface area contributed by atoms with Gasteiger partial charge in [-0.3, -0.25) is 9.59 Å². The van der Waals surface area contributed by atoms with E-state index in [1.807, 2.05) is 43.3 Å². The zero-order valence-corrected chi connectivity index (χ0v) is 17.1. The number of hydrogen-bond acceptors (Lipinski definition) is 2. The average Bonchev–Trinajstić information content (AvgIpc) is 2.69. The highest BCUT2D eigenvalue weighted by molar-refractivity contribution is 5.98. The molecule has 0 aliphatic carbocycles. The van der Waals surface area contributed by atoms with Gasteiger partial charge in [-0.2, -0.15) is 0 Å². The summed E-state index contributed by atoms with van der Waals surface area (Å²) in [7, 11) is 0. The van der Waals surface area contributed by atoms with Crippen LogP contribution in [0.3, 0.4) is 0 Å². The Morgan fingerprint density at radius 3 is 2.18 bits per heavy atom. The summed E-state index contributed by atoms with van der Waals surface area (Å²) in [5.74, 6) is 0.848. The number of likely N-dealkylation sites (tertiary alicyclic amines) is 1. The summed E-state index contributed by atoms with van der Waals surface area (Å²) in [4.78, 5) is 26.3. The van der Waals surface area contributed by atoms with Gasteiger partial charge < -0.3 is 10.2 Å². The Kier molecular flexibility index (Phi) is 6.63. The number of benzene rings is 2. The van der Waals surface area contributed by atoms with Crippen LogP contribution in [-0.4, -0.2) is 31.3 Å². The van der Waals surface area contributed by atoms with E-state index in [1.165, 1.54) is 16.0 Å². The van der Waals surface area contributed by atoms with Crippen LogP contribution in [0.15, 0.2) is 48.5 Å². The molecule has 1 saturated heterocycles. The van der Waals surface area contributed by atoms with E-state index in [0.29, 0.717) is 12.5 Å². The number of piperidine rings is 1. The van der Waals surface area contributed by atoms with Crippen molar-refractivity contribution in [3.8, 4) is 0 Å². The van der Waals surface area contributed by atoms with Crippen LogP contribution in [0, 0.1) is 12.8 Å². The lowest BCUT2D eigenvalue weighted by Gasteiger charge is -2.28. The molecule has 28 heavy (non-hydrogen) atoms. The quantitative estimate of drug-likeness (QED) is 0.757. The van der Waals surface area contributed by atoms with E-state index in [2.05, 4.69) is 31.3 Å². The second-order valence-electron chi connectivity index (χ2n) is 8.26. The van der Waals surface area contributed by atoms with E-state index in [9.17, 15) is 9.59 Å². The molecule has 3 rings (SSSR count). The second kappa shape index (κ2) is 9.16. The van der Waals surface area contributed by atoms with Gasteiger partial charge in [-0.05, 0) is 30.5 Å². The molecule has 2 N–H and O–H groups in total. The van der Waals surface area contributed by atoms with E-state index >= 15 is 0 Å². The molecule has 2 aromatic rings. The molecule has 0 radical (unpaired) electrons. The number of ketones is 1. The standard InChI is InChI=1S/C24H30N2O2/c1-17(2)19-8-10-22(11-9-19)25-23(27)16-26-14-12-21(13-15-26)24(28)20-6-4-18(3)5-7-20/h4-11,17,21H,12-16H2,1-3H3,(H,25,27)/p+1. The highest BCUT2D eigenvalue weighted by Crippen LogP contribution is 2.18. The van der Waals surface area contributed by atoms with Crippen LogP contribution in [0.4, 0.5) is 5.69 Å². The lowest BCUT2D eigenvalue weighted by Crippen LogP contribution is -3.14. The Bertz CT molecular complexity index is 802. The predicted octanol–water partition coefficient (Wildman–Crippen LogP) is 3.23. The molecule has 148 valence electrons. The monoisotopic (exact) mass is 379 g/mol. The number of Topliss-reactive ketones (excluding diaryl/α,β-unsaturated/α-hetero) is 1. The smallest absolute Gasteiger partial charge is 0.279 e. The number of carbonyl (C=O) groups excluding carboxylic acids is 2. The minimum atomic E-state index is 0.0376. The van der Waals surface area contributed by atoms with Crippen molar-refractivity contribution in [3.05, 3.63) is 65.2 Å². The molecule has 0 bridgehead atoms. The van der Waals surface area contributed by atoms with Crippen LogP contribution < -0.4 is 10.2 Å². The molecule has 0 spiro atoms. The Morgan fingerprint density at radius 1 is 1.00 bits per heavy atom. The van der Waals surface area contributed by atoms with Crippen molar-refractivity contribution in [3.63, 3.8) is 0 Å². The van der Waals surface area contributed by atoms with E-state index < -0.39 is 0 Å². The fraction of sp³-hybridized carbons (Fsp3) is 0.417. The zero-order chi connectivity index (χ0) is 20.1. The van der Waals surface area contributed by atoms with Gasteiger partial charge in [0, 0.05) is 30.0 Å². The third-order valence-electron chi connectivity index (χ3n) is 5.67. The zero-order valence-electron chi connectivity index (χ0n) is 17.1. The van der Waals surface area contributed by atoms with Crippen LogP contribution in [0.2, 0.25) is 0 Å². The molecule has 0 saturated carbocycles. The number of aryl methyl sites for hydroxylation is 1. The Hall–Kier alpha value is -2.46. The minimum Gasteiger partial charge on any atom is -0.327 e. The van der Waals surface area contributed by atoms with E-state index in [4.69, 9.17) is 0 Å². The summed E-state index contributed by atoms with van der Waals surface area (Å²) >= 11 is 0. The molecule has 1 fully saturated rings. The number of nitrogens with one attached hydrogen (secondary N) is 2. The molecular weight excluding hydrogens is 348 g/mol. The van der Waals surface area contributed by atoms with Gasteiger partial charge in [0.25, 0.3) is 5.91 Å². The Morgan fingerprint density at radius 2 is 1.61 bits per heavy atom. The molecule has 4 heteroatoms. The van der Waals surface area contributed by atoms with Crippen molar-refractivity contribution in [2.45, 2.75) is 39.5 Å². The number of amides is 1. The fourth-order valence-corrected chi connectivity index (χ4v) is 3.80. The number of carbonyl (C=O) groups is 2. The average molecular weight is 380 g/mol. The number of quaternary nitrogens is 1. The maximum atomic E-state index is 12.7. The first kappa shape index (κ1) is 20.3. The Balaban J connectivity index is 1.46. The lowest BCUT2D eigenvalue weighted by atomic mass is 9.88. The number of rotatable bonds is 6. The molecule has 1 amide bonds. The van der Waals surface area contributed by atoms with Crippen molar-refractivity contribution in [2.75, 3.05) is 25.0 Å². The van der Waals surface area contributed by atoms with Crippen LogP contribution in [0.5, 0.6) is 0 Å². The number of hydrogen-bond donors (Lipinski definition) is 2. The van der Waals surface area contributed by atoms with Crippen LogP contribution in [-0.2, 0) is 4.79 Å². The second-order valence-corrected chi connectivity index (χ2v) is 8.26. The fourth-order valence-electron chi connectivity index (χ4n) is 3.80. The largest absolute Gasteiger partial charge is 0.327 e. The van der Waals surface area contributed by atoms with Crippen LogP contribution in [0.25, 0.3) is 0 Å². The predicted molar refractivity (Wildman–Crippen MR) is 113 cm³/mol. The molecular formula is C24H31N2O2+. The van der Waals surface area contributed by atoms with Gasteiger partial charge in [-0.25, -0.2) is 0 Å². The van der Waals surface area contributed by atoms with Gasteiger partial charge in [-0.1, -0.05) is 55.8 Å². The molecule has 0 aromatic heterocycles. The van der Waals surface area contributed by atoms with Crippen molar-refractivity contribution in [1.29, 1.82) is 0 Å². The van der Waals surface area contributed by atoms with E-state index in [-0.39, 0.29) is 17.6 Å². The SMILES string of the molecule is Cc1ccc(C(=O)C2CC[NH+](CC(=O)Nc3ccc(C(C)C)cc3)CC2)cc1. The van der Waals surface area contributed by atoms with Crippen molar-refractivity contribution >= 4 is 17.4 Å². The summed E-state index contributed by atoms with van der Waals surface area (Å²) in [6.45, 7) is 8.52. The molecule has 1 heterocycles. The maximum Gasteiger partial charge on any atom is 0.279 e. The first-order valence-electron chi connectivity index (χ1n) is 10.3. The minimum absolute atomic E-state index is 0.0376. The van der Waals surface area contributed by atoms with E-state index in [0.717, 1.165) is 37.2 Å². The van der Waals surface area contributed by atoms with Gasteiger partial charge in [0.15, 0.2) is 12.3 Å². The third-order valence-corrected chi connectivity index (χ3v) is 5.67. The Labute approximate surface area is 167 Å². The van der Waals surface area contributed by atoms with Gasteiger partial charge >= 0.3 is 0 Å². The summed E-state index contributed by atoms with van der Waals surface area (Å²) in [5.41, 5.74) is 4.09. The first-order valence-corrected chi connectivity index (χ1v) is 10.3. The van der Waals surface area contributed by atoms with Crippen molar-refractivity contribution < 1.29 is 14.5 Å².